The summed E-state index contributed by atoms with van der Waals surface area (Å²) in [7, 11) is 3.18. The van der Waals surface area contributed by atoms with Crippen LogP contribution in [0, 0.1) is 0 Å². The lowest BCUT2D eigenvalue weighted by atomic mass is 10.2. The number of furan rings is 1. The Hall–Kier alpha value is -3.43. The van der Waals surface area contributed by atoms with Gasteiger partial charge in [-0.15, -0.1) is 0 Å². The van der Waals surface area contributed by atoms with E-state index >= 15 is 0 Å². The Morgan fingerprint density at radius 3 is 2.56 bits per heavy atom. The number of hydrogen-bond donors (Lipinski definition) is 0. The van der Waals surface area contributed by atoms with Gasteiger partial charge in [0.2, 0.25) is 0 Å². The van der Waals surface area contributed by atoms with Crippen molar-refractivity contribution in [3.8, 4) is 23.0 Å². The van der Waals surface area contributed by atoms with Crippen LogP contribution in [-0.2, 0) is 11.3 Å². The maximum absolute atomic E-state index is 12.8. The Balaban J connectivity index is 1.37. The van der Waals surface area contributed by atoms with Gasteiger partial charge >= 0.3 is 0 Å². The number of thioether (sulfide) groups is 1. The maximum Gasteiger partial charge on any atom is 0.266 e. The second-order valence-corrected chi connectivity index (χ2v) is 8.81. The van der Waals surface area contributed by atoms with Crippen LogP contribution < -0.4 is 18.9 Å². The fourth-order valence-electron chi connectivity index (χ4n) is 3.24. The van der Waals surface area contributed by atoms with Crippen LogP contribution in [0.5, 0.6) is 23.0 Å². The third kappa shape index (κ3) is 5.73. The van der Waals surface area contributed by atoms with Crippen LogP contribution >= 0.6 is 24.0 Å². The Bertz CT molecular complexity index is 1190. The second kappa shape index (κ2) is 11.1. The molecule has 0 aliphatic carbocycles. The van der Waals surface area contributed by atoms with E-state index in [4.69, 9.17) is 35.6 Å². The Labute approximate surface area is 207 Å². The number of rotatable bonds is 10. The van der Waals surface area contributed by atoms with Crippen LogP contribution in [0.2, 0.25) is 0 Å². The molecule has 4 rings (SSSR count). The van der Waals surface area contributed by atoms with E-state index in [1.807, 2.05) is 42.5 Å². The average molecular weight is 498 g/mol. The Kier molecular flexibility index (Phi) is 7.76. The quantitative estimate of drug-likeness (QED) is 0.216. The van der Waals surface area contributed by atoms with Gasteiger partial charge in [0.1, 0.15) is 34.8 Å². The van der Waals surface area contributed by atoms with Gasteiger partial charge in [0.25, 0.3) is 5.91 Å². The summed E-state index contributed by atoms with van der Waals surface area (Å²) in [6.07, 6.45) is 3.36. The molecule has 2 heterocycles. The molecule has 34 heavy (non-hydrogen) atoms. The lowest BCUT2D eigenvalue weighted by molar-refractivity contribution is -0.122. The fourth-order valence-corrected chi connectivity index (χ4v) is 4.50. The zero-order valence-corrected chi connectivity index (χ0v) is 20.3. The van der Waals surface area contributed by atoms with Gasteiger partial charge in [0.15, 0.2) is 11.5 Å². The van der Waals surface area contributed by atoms with Gasteiger partial charge < -0.3 is 23.4 Å². The van der Waals surface area contributed by atoms with Gasteiger partial charge in [0.05, 0.1) is 31.9 Å². The van der Waals surface area contributed by atoms with Gasteiger partial charge in [-0.3, -0.25) is 9.69 Å². The minimum absolute atomic E-state index is 0.152. The standard InChI is InChI=1S/C25H23NO6S2/c1-28-18-5-3-6-19(15-18)31-11-12-32-21-9-8-17(13-22(21)29-2)14-23-24(27)26(25(33)34-23)16-20-7-4-10-30-20/h3-10,13-15H,11-12,16H2,1-2H3/b23-14-. The molecule has 7 nitrogen and oxygen atoms in total. The fraction of sp³-hybridized carbons (Fsp3) is 0.200. The molecule has 176 valence electrons. The third-order valence-electron chi connectivity index (χ3n) is 4.90. The van der Waals surface area contributed by atoms with Crippen LogP contribution in [0.1, 0.15) is 11.3 Å². The largest absolute Gasteiger partial charge is 0.497 e. The van der Waals surface area contributed by atoms with E-state index in [1.54, 1.807) is 38.7 Å². The molecule has 0 bridgehead atoms. The number of benzene rings is 2. The summed E-state index contributed by atoms with van der Waals surface area (Å²) in [6, 6.07) is 16.5. The lowest BCUT2D eigenvalue weighted by Crippen LogP contribution is -2.27. The van der Waals surface area contributed by atoms with Crippen molar-refractivity contribution in [1.29, 1.82) is 0 Å². The molecule has 0 radical (unpaired) electrons. The normalized spacial score (nSPS) is 14.5. The predicted molar refractivity (Wildman–Crippen MR) is 134 cm³/mol. The highest BCUT2D eigenvalue weighted by Crippen LogP contribution is 2.35. The summed E-state index contributed by atoms with van der Waals surface area (Å²) >= 11 is 6.65. The van der Waals surface area contributed by atoms with Crippen LogP contribution in [0.15, 0.2) is 70.2 Å². The minimum Gasteiger partial charge on any atom is -0.497 e. The highest BCUT2D eigenvalue weighted by molar-refractivity contribution is 8.26. The molecule has 3 aromatic rings. The summed E-state index contributed by atoms with van der Waals surface area (Å²) in [6.45, 7) is 0.998. The van der Waals surface area contributed by atoms with Gasteiger partial charge in [-0.1, -0.05) is 36.1 Å². The van der Waals surface area contributed by atoms with E-state index in [-0.39, 0.29) is 5.91 Å². The van der Waals surface area contributed by atoms with Gasteiger partial charge in [-0.05, 0) is 48.0 Å². The van der Waals surface area contributed by atoms with Crippen LogP contribution in [0.3, 0.4) is 0 Å². The molecule has 0 unspecified atom stereocenters. The molecule has 0 atom stereocenters. The summed E-state index contributed by atoms with van der Waals surface area (Å²) in [4.78, 5) is 14.9. The molecule has 0 spiro atoms. The van der Waals surface area contributed by atoms with Gasteiger partial charge in [0, 0.05) is 6.07 Å². The monoisotopic (exact) mass is 497 g/mol. The lowest BCUT2D eigenvalue weighted by Gasteiger charge is -2.13. The first-order chi connectivity index (χ1) is 16.6. The molecular formula is C25H23NO6S2. The molecule has 1 saturated heterocycles. The first-order valence-electron chi connectivity index (χ1n) is 10.4. The van der Waals surface area contributed by atoms with Gasteiger partial charge in [-0.25, -0.2) is 0 Å². The van der Waals surface area contributed by atoms with E-state index in [9.17, 15) is 4.79 Å². The molecule has 1 aliphatic heterocycles. The summed E-state index contributed by atoms with van der Waals surface area (Å²) in [5, 5.41) is 0. The first-order valence-corrected chi connectivity index (χ1v) is 11.7. The number of hydrogen-bond acceptors (Lipinski definition) is 8. The topological polar surface area (TPSA) is 70.4 Å². The number of carbonyl (C=O) groups excluding carboxylic acids is 1. The van der Waals surface area contributed by atoms with Crippen molar-refractivity contribution in [1.82, 2.24) is 4.90 Å². The second-order valence-electron chi connectivity index (χ2n) is 7.13. The van der Waals surface area contributed by atoms with Crippen molar-refractivity contribution < 1.29 is 28.2 Å². The first kappa shape index (κ1) is 23.7. The number of ether oxygens (including phenoxy) is 4. The van der Waals surface area contributed by atoms with E-state index < -0.39 is 0 Å². The minimum atomic E-state index is -0.152. The third-order valence-corrected chi connectivity index (χ3v) is 6.28. The van der Waals surface area contributed by atoms with E-state index in [1.165, 1.54) is 16.7 Å². The van der Waals surface area contributed by atoms with E-state index in [0.29, 0.717) is 52.0 Å². The molecule has 1 amide bonds. The molecule has 1 fully saturated rings. The highest BCUT2D eigenvalue weighted by atomic mass is 32.2. The zero-order valence-electron chi connectivity index (χ0n) is 18.7. The summed E-state index contributed by atoms with van der Waals surface area (Å²) < 4.78 is 28.0. The number of carbonyl (C=O) groups is 1. The maximum atomic E-state index is 12.8. The van der Waals surface area contributed by atoms with Crippen LogP contribution in [0.25, 0.3) is 6.08 Å². The number of methoxy groups -OCH3 is 2. The molecule has 0 saturated carbocycles. The van der Waals surface area contributed by atoms with Crippen LogP contribution in [0.4, 0.5) is 0 Å². The number of amides is 1. The zero-order chi connectivity index (χ0) is 23.9. The smallest absolute Gasteiger partial charge is 0.266 e. The Morgan fingerprint density at radius 1 is 0.971 bits per heavy atom. The summed E-state index contributed by atoms with van der Waals surface area (Å²) in [5.74, 6) is 3.10. The van der Waals surface area contributed by atoms with E-state index in [2.05, 4.69) is 0 Å². The average Bonchev–Trinajstić information content (AvgIpc) is 3.46. The molecule has 0 N–H and O–H groups in total. The number of thiocarbonyl (C=S) groups is 1. The number of nitrogens with zero attached hydrogens (tertiary/aromatic N) is 1. The molecular weight excluding hydrogens is 474 g/mol. The van der Waals surface area contributed by atoms with E-state index in [0.717, 1.165) is 11.3 Å². The molecule has 9 heteroatoms. The summed E-state index contributed by atoms with van der Waals surface area (Å²) in [5.41, 5.74) is 0.801. The SMILES string of the molecule is COc1cccc(OCCOc2ccc(/C=C3\SC(=S)N(Cc4ccco4)C3=O)cc2OC)c1. The van der Waals surface area contributed by atoms with Crippen LogP contribution in [-0.4, -0.2) is 42.6 Å². The van der Waals surface area contributed by atoms with Crippen molar-refractivity contribution in [2.24, 2.45) is 0 Å². The van der Waals surface area contributed by atoms with Crippen molar-refractivity contribution in [2.45, 2.75) is 6.54 Å². The molecule has 1 aliphatic rings. The molecule has 1 aromatic heterocycles. The molecule has 2 aromatic carbocycles. The highest BCUT2D eigenvalue weighted by Gasteiger charge is 2.32. The Morgan fingerprint density at radius 2 is 1.79 bits per heavy atom. The van der Waals surface area contributed by atoms with Crippen molar-refractivity contribution in [3.63, 3.8) is 0 Å². The van der Waals surface area contributed by atoms with Gasteiger partial charge in [-0.2, -0.15) is 0 Å². The van der Waals surface area contributed by atoms with Crippen molar-refractivity contribution in [2.75, 3.05) is 27.4 Å². The van der Waals surface area contributed by atoms with Crippen molar-refractivity contribution >= 4 is 40.3 Å². The predicted octanol–water partition coefficient (Wildman–Crippen LogP) is 5.16. The van der Waals surface area contributed by atoms with Crippen molar-refractivity contribution in [3.05, 3.63) is 77.1 Å².